The topological polar surface area (TPSA) is 104 Å². The molecule has 0 bridgehead atoms. The summed E-state index contributed by atoms with van der Waals surface area (Å²) in [6.07, 6.45) is 2.57. The Morgan fingerprint density at radius 3 is 2.70 bits per heavy atom. The van der Waals surface area contributed by atoms with Crippen LogP contribution in [0.1, 0.15) is 10.5 Å². The summed E-state index contributed by atoms with van der Waals surface area (Å²) in [5.41, 5.74) is 2.22. The fourth-order valence-corrected chi connectivity index (χ4v) is 4.79. The molecule has 0 radical (unpaired) electrons. The first-order valence-electron chi connectivity index (χ1n) is 9.00. The van der Waals surface area contributed by atoms with Gasteiger partial charge in [0.1, 0.15) is 5.69 Å². The number of carbonyl (C=O) groups excluding carboxylic acids is 1. The monoisotopic (exact) mass is 442 g/mol. The number of para-hydroxylation sites is 2. The van der Waals surface area contributed by atoms with Crippen molar-refractivity contribution in [3.8, 4) is 0 Å². The van der Waals surface area contributed by atoms with E-state index in [-0.39, 0.29) is 10.6 Å². The lowest BCUT2D eigenvalue weighted by atomic mass is 10.3. The lowest BCUT2D eigenvalue weighted by Gasteiger charge is -2.05. The van der Waals surface area contributed by atoms with Gasteiger partial charge in [-0.1, -0.05) is 23.5 Å². The number of ether oxygens (including phenoxy) is 1. The van der Waals surface area contributed by atoms with Crippen LogP contribution in [0.3, 0.4) is 0 Å². The van der Waals surface area contributed by atoms with Gasteiger partial charge in [0, 0.05) is 19.9 Å². The molecule has 0 aliphatic heterocycles. The number of benzene rings is 2. The van der Waals surface area contributed by atoms with Crippen molar-refractivity contribution in [3.05, 3.63) is 59.2 Å². The van der Waals surface area contributed by atoms with Gasteiger partial charge in [-0.3, -0.25) is 9.78 Å². The van der Waals surface area contributed by atoms with E-state index in [4.69, 9.17) is 4.74 Å². The zero-order valence-corrected chi connectivity index (χ0v) is 17.9. The Kier molecular flexibility index (Phi) is 5.46. The summed E-state index contributed by atoms with van der Waals surface area (Å²) in [6.45, 7) is 0.876. The predicted molar refractivity (Wildman–Crippen MR) is 114 cm³/mol. The first-order valence-corrected chi connectivity index (χ1v) is 11.7. The van der Waals surface area contributed by atoms with Gasteiger partial charge in [0.25, 0.3) is 5.91 Å². The minimum atomic E-state index is -3.34. The molecule has 10 heteroatoms. The van der Waals surface area contributed by atoms with Gasteiger partial charge < -0.3 is 9.30 Å². The third kappa shape index (κ3) is 4.02. The van der Waals surface area contributed by atoms with E-state index in [2.05, 4.69) is 15.0 Å². The second-order valence-electron chi connectivity index (χ2n) is 6.59. The molecule has 154 valence electrons. The van der Waals surface area contributed by atoms with Crippen LogP contribution in [0.2, 0.25) is 0 Å². The van der Waals surface area contributed by atoms with Crippen molar-refractivity contribution in [1.29, 1.82) is 0 Å². The third-order valence-corrected chi connectivity index (χ3v) is 6.62. The highest BCUT2D eigenvalue weighted by Gasteiger charge is 2.14. The predicted octanol–water partition coefficient (Wildman–Crippen LogP) is 2.44. The van der Waals surface area contributed by atoms with Crippen molar-refractivity contribution < 1.29 is 17.9 Å². The average molecular weight is 443 g/mol. The van der Waals surface area contributed by atoms with Crippen LogP contribution in [-0.2, 0) is 21.1 Å². The van der Waals surface area contributed by atoms with Gasteiger partial charge in [0.2, 0.25) is 0 Å². The van der Waals surface area contributed by atoms with Crippen molar-refractivity contribution in [1.82, 2.24) is 14.5 Å². The zero-order chi connectivity index (χ0) is 21.3. The molecule has 30 heavy (non-hydrogen) atoms. The van der Waals surface area contributed by atoms with Gasteiger partial charge in [-0.15, -0.1) is 0 Å². The summed E-state index contributed by atoms with van der Waals surface area (Å²) in [4.78, 5) is 26.3. The fourth-order valence-electron chi connectivity index (χ4n) is 2.97. The number of hydrogen-bond donors (Lipinski definition) is 0. The second-order valence-corrected chi connectivity index (χ2v) is 9.62. The minimum absolute atomic E-state index is 0.140. The quantitative estimate of drug-likeness (QED) is 0.470. The standard InChI is InChI=1S/C20H18N4O4S2/c1-28-10-9-24-17-8-7-13(30(2,26)27)11-18(17)29-20(24)23-19(25)16-12-21-14-5-3-4-6-15(14)22-16/h3-8,11-12H,9-10H2,1-2H3. The Bertz CT molecular complexity index is 1440. The molecule has 0 aliphatic carbocycles. The van der Waals surface area contributed by atoms with Gasteiger partial charge in [-0.25, -0.2) is 13.4 Å². The summed E-state index contributed by atoms with van der Waals surface area (Å²) >= 11 is 1.24. The summed E-state index contributed by atoms with van der Waals surface area (Å²) in [5, 5.41) is 0. The highest BCUT2D eigenvalue weighted by atomic mass is 32.2. The molecule has 0 atom stereocenters. The van der Waals surface area contributed by atoms with Crippen LogP contribution in [0.5, 0.6) is 0 Å². The van der Waals surface area contributed by atoms with Gasteiger partial charge in [0.05, 0.1) is 38.9 Å². The van der Waals surface area contributed by atoms with Crippen molar-refractivity contribution in [2.45, 2.75) is 11.4 Å². The molecule has 2 aromatic carbocycles. The fraction of sp³-hybridized carbons (Fsp3) is 0.200. The largest absolute Gasteiger partial charge is 0.383 e. The molecule has 8 nitrogen and oxygen atoms in total. The van der Waals surface area contributed by atoms with Gasteiger partial charge >= 0.3 is 0 Å². The normalized spacial score (nSPS) is 12.7. The van der Waals surface area contributed by atoms with Crippen LogP contribution in [0.4, 0.5) is 0 Å². The number of aromatic nitrogens is 3. The van der Waals surface area contributed by atoms with Crippen LogP contribution in [0, 0.1) is 0 Å². The number of amides is 1. The highest BCUT2D eigenvalue weighted by Crippen LogP contribution is 2.22. The van der Waals surface area contributed by atoms with Gasteiger partial charge in [-0.05, 0) is 30.3 Å². The molecule has 4 aromatic rings. The van der Waals surface area contributed by atoms with Crippen LogP contribution in [0.25, 0.3) is 21.3 Å². The maximum atomic E-state index is 12.8. The van der Waals surface area contributed by atoms with E-state index in [1.165, 1.54) is 17.5 Å². The van der Waals surface area contributed by atoms with Crippen molar-refractivity contribution in [2.24, 2.45) is 4.99 Å². The number of sulfone groups is 1. The molecule has 0 spiro atoms. The van der Waals surface area contributed by atoms with E-state index >= 15 is 0 Å². The Labute approximate surface area is 176 Å². The molecule has 1 amide bonds. The number of nitrogens with zero attached hydrogens (tertiary/aromatic N) is 4. The van der Waals surface area contributed by atoms with Crippen LogP contribution < -0.4 is 4.80 Å². The lowest BCUT2D eigenvalue weighted by Crippen LogP contribution is -2.19. The van der Waals surface area contributed by atoms with E-state index in [9.17, 15) is 13.2 Å². The molecule has 0 unspecified atom stereocenters. The van der Waals surface area contributed by atoms with Crippen molar-refractivity contribution >= 4 is 48.3 Å². The summed E-state index contributed by atoms with van der Waals surface area (Å²) < 4.78 is 31.5. The Balaban J connectivity index is 1.83. The molecular formula is C20H18N4O4S2. The molecule has 0 saturated heterocycles. The molecule has 0 N–H and O–H groups in total. The lowest BCUT2D eigenvalue weighted by molar-refractivity contribution is 0.0992. The van der Waals surface area contributed by atoms with E-state index in [1.807, 2.05) is 22.8 Å². The summed E-state index contributed by atoms with van der Waals surface area (Å²) in [6, 6.07) is 12.1. The van der Waals surface area contributed by atoms with Gasteiger partial charge in [0.15, 0.2) is 14.6 Å². The SMILES string of the molecule is COCCn1c(=NC(=O)c2cnc3ccccc3n2)sc2cc(S(C)(=O)=O)ccc21. The van der Waals surface area contributed by atoms with E-state index in [1.54, 1.807) is 31.4 Å². The van der Waals surface area contributed by atoms with Crippen LogP contribution in [0.15, 0.2) is 58.5 Å². The molecule has 0 fully saturated rings. The van der Waals surface area contributed by atoms with E-state index in [0.29, 0.717) is 33.7 Å². The summed E-state index contributed by atoms with van der Waals surface area (Å²) in [5.74, 6) is -0.519. The minimum Gasteiger partial charge on any atom is -0.383 e. The number of hydrogen-bond acceptors (Lipinski definition) is 7. The Morgan fingerprint density at radius 1 is 1.20 bits per heavy atom. The first kappa shape index (κ1) is 20.3. The Hall–Kier alpha value is -2.95. The second kappa shape index (κ2) is 8.05. The van der Waals surface area contributed by atoms with E-state index in [0.717, 1.165) is 11.8 Å². The Morgan fingerprint density at radius 2 is 1.97 bits per heavy atom. The molecular weight excluding hydrogens is 424 g/mol. The molecule has 0 saturated carbocycles. The zero-order valence-electron chi connectivity index (χ0n) is 16.3. The smallest absolute Gasteiger partial charge is 0.299 e. The maximum Gasteiger partial charge on any atom is 0.299 e. The molecule has 2 aromatic heterocycles. The molecule has 0 aliphatic rings. The van der Waals surface area contributed by atoms with Gasteiger partial charge in [-0.2, -0.15) is 4.99 Å². The number of fused-ring (bicyclic) bond motifs is 2. The van der Waals surface area contributed by atoms with Crippen LogP contribution in [-0.4, -0.2) is 48.8 Å². The van der Waals surface area contributed by atoms with Crippen molar-refractivity contribution in [3.63, 3.8) is 0 Å². The van der Waals surface area contributed by atoms with E-state index < -0.39 is 15.7 Å². The number of rotatable bonds is 5. The first-order chi connectivity index (χ1) is 14.4. The number of methoxy groups -OCH3 is 1. The van der Waals surface area contributed by atoms with Crippen LogP contribution >= 0.6 is 11.3 Å². The third-order valence-electron chi connectivity index (χ3n) is 4.47. The highest BCUT2D eigenvalue weighted by molar-refractivity contribution is 7.90. The number of carbonyl (C=O) groups is 1. The number of thiazole rings is 1. The maximum absolute atomic E-state index is 12.8. The average Bonchev–Trinajstić information content (AvgIpc) is 3.07. The van der Waals surface area contributed by atoms with Crippen molar-refractivity contribution in [2.75, 3.05) is 20.0 Å². The molecule has 2 heterocycles. The molecule has 4 rings (SSSR count). The summed E-state index contributed by atoms with van der Waals surface area (Å²) in [7, 11) is -1.76.